The maximum absolute atomic E-state index is 13.6. The fraction of sp³-hybridized carbons (Fsp3) is 0.581. The van der Waals surface area contributed by atoms with Crippen molar-refractivity contribution in [1.82, 2.24) is 14.7 Å². The minimum absolute atomic E-state index is 0.0256. The molecule has 1 saturated carbocycles. The van der Waals surface area contributed by atoms with Gasteiger partial charge in [0.15, 0.2) is 0 Å². The van der Waals surface area contributed by atoms with Gasteiger partial charge in [-0.1, -0.05) is 30.3 Å². The molecule has 1 aromatic carbocycles. The van der Waals surface area contributed by atoms with Gasteiger partial charge in [-0.2, -0.15) is 0 Å². The molecular formula is C31H41F2N4O3+. The van der Waals surface area contributed by atoms with Crippen molar-refractivity contribution in [2.24, 2.45) is 5.92 Å². The van der Waals surface area contributed by atoms with E-state index in [-0.39, 0.29) is 36.2 Å². The highest BCUT2D eigenvalue weighted by molar-refractivity contribution is 5.96. The zero-order valence-corrected chi connectivity index (χ0v) is 23.8. The van der Waals surface area contributed by atoms with Gasteiger partial charge < -0.3 is 9.80 Å². The Morgan fingerprint density at radius 3 is 2.25 bits per heavy atom. The van der Waals surface area contributed by atoms with Crippen LogP contribution >= 0.6 is 0 Å². The van der Waals surface area contributed by atoms with Crippen LogP contribution in [0, 0.1) is 19.8 Å². The van der Waals surface area contributed by atoms with Crippen LogP contribution in [0.15, 0.2) is 42.6 Å². The molecule has 216 valence electrons. The monoisotopic (exact) mass is 555 g/mol. The average Bonchev–Trinajstić information content (AvgIpc) is 2.93. The zero-order chi connectivity index (χ0) is 28.7. The number of hydrogen-bond donors (Lipinski definition) is 1. The first-order valence-corrected chi connectivity index (χ1v) is 14.5. The zero-order valence-electron chi connectivity index (χ0n) is 23.8. The van der Waals surface area contributed by atoms with Gasteiger partial charge in [-0.25, -0.2) is 8.78 Å². The van der Waals surface area contributed by atoms with Gasteiger partial charge in [0.1, 0.15) is 5.56 Å². The number of hydrogen-bond acceptors (Lipinski definition) is 4. The van der Waals surface area contributed by atoms with E-state index < -0.39 is 11.8 Å². The van der Waals surface area contributed by atoms with Crippen molar-refractivity contribution in [3.63, 3.8) is 0 Å². The standard InChI is InChI=1S/C31H41F2N4O3/c1-22-9-16-37(40)23(2)27(22)29(39)34-17-12-30(3,13-18-34)35-14-10-26(11-15-35)36(21-24-7-5-4-6-8-24)28(38)25-19-31(32,33)20-25/h4-9,16,25-26,40H,10-15,17-21H2,1-3H3/q+1. The normalized spacial score (nSPS) is 21.6. The Morgan fingerprint density at radius 2 is 1.65 bits per heavy atom. The van der Waals surface area contributed by atoms with Crippen molar-refractivity contribution in [2.45, 2.75) is 83.3 Å². The lowest BCUT2D eigenvalue weighted by Gasteiger charge is -2.50. The number of carbonyl (C=O) groups is 2. The maximum atomic E-state index is 13.6. The van der Waals surface area contributed by atoms with E-state index in [0.717, 1.165) is 54.6 Å². The molecule has 1 aromatic heterocycles. The van der Waals surface area contributed by atoms with Crippen LogP contribution in [0.3, 0.4) is 0 Å². The van der Waals surface area contributed by atoms with Gasteiger partial charge in [-0.05, 0) is 50.7 Å². The van der Waals surface area contributed by atoms with Gasteiger partial charge in [-0.15, -0.1) is 0 Å². The summed E-state index contributed by atoms with van der Waals surface area (Å²) in [6.07, 6.45) is 4.16. The van der Waals surface area contributed by atoms with Crippen molar-refractivity contribution < 1.29 is 28.3 Å². The lowest BCUT2D eigenvalue weighted by atomic mass is 9.79. The Bertz CT molecular complexity index is 1230. The molecule has 0 radical (unpaired) electrons. The van der Waals surface area contributed by atoms with E-state index >= 15 is 0 Å². The van der Waals surface area contributed by atoms with Crippen LogP contribution in [-0.2, 0) is 11.3 Å². The van der Waals surface area contributed by atoms with Crippen LogP contribution in [0.25, 0.3) is 0 Å². The van der Waals surface area contributed by atoms with Gasteiger partial charge >= 0.3 is 0 Å². The summed E-state index contributed by atoms with van der Waals surface area (Å²) in [7, 11) is 0. The highest BCUT2D eigenvalue weighted by Crippen LogP contribution is 2.44. The first-order chi connectivity index (χ1) is 19.0. The van der Waals surface area contributed by atoms with Crippen molar-refractivity contribution in [3.05, 3.63) is 65.0 Å². The van der Waals surface area contributed by atoms with E-state index in [2.05, 4.69) is 11.8 Å². The molecule has 1 N–H and O–H groups in total. The number of rotatable bonds is 6. The first-order valence-electron chi connectivity index (χ1n) is 14.5. The quantitative estimate of drug-likeness (QED) is 0.425. The summed E-state index contributed by atoms with van der Waals surface area (Å²) in [5, 5.41) is 10.1. The number of aryl methyl sites for hydroxylation is 1. The molecule has 2 amide bonds. The Hall–Kier alpha value is -3.07. The molecule has 7 nitrogen and oxygen atoms in total. The number of aromatic nitrogens is 1. The van der Waals surface area contributed by atoms with E-state index in [1.54, 1.807) is 19.2 Å². The number of benzene rings is 1. The molecule has 0 spiro atoms. The van der Waals surface area contributed by atoms with Gasteiger partial charge in [-0.3, -0.25) is 19.7 Å². The second-order valence-corrected chi connectivity index (χ2v) is 12.2. The molecule has 5 rings (SSSR count). The molecule has 2 aliphatic heterocycles. The Balaban J connectivity index is 1.21. The summed E-state index contributed by atoms with van der Waals surface area (Å²) in [6, 6.07) is 11.6. The molecule has 40 heavy (non-hydrogen) atoms. The molecule has 0 atom stereocenters. The molecule has 2 aromatic rings. The summed E-state index contributed by atoms with van der Waals surface area (Å²) >= 11 is 0. The number of amides is 2. The summed E-state index contributed by atoms with van der Waals surface area (Å²) in [5.41, 5.74) is 2.92. The highest BCUT2D eigenvalue weighted by atomic mass is 19.3. The van der Waals surface area contributed by atoms with Crippen LogP contribution in [0.1, 0.15) is 72.6 Å². The fourth-order valence-corrected chi connectivity index (χ4v) is 6.72. The predicted molar refractivity (Wildman–Crippen MR) is 146 cm³/mol. The van der Waals surface area contributed by atoms with Crippen molar-refractivity contribution >= 4 is 11.8 Å². The van der Waals surface area contributed by atoms with E-state index in [1.165, 1.54) is 0 Å². The third-order valence-electron chi connectivity index (χ3n) is 9.49. The molecule has 3 fully saturated rings. The molecule has 3 heterocycles. The minimum atomic E-state index is -2.72. The SMILES string of the molecule is Cc1cc[n+](O)c(C)c1C(=O)N1CCC(C)(N2CCC(N(Cc3ccccc3)C(=O)C3CC(F)(F)C3)CC2)CC1. The molecule has 9 heteroatoms. The van der Waals surface area contributed by atoms with E-state index in [9.17, 15) is 23.6 Å². The third-order valence-corrected chi connectivity index (χ3v) is 9.49. The lowest BCUT2D eigenvalue weighted by Crippen LogP contribution is -2.59. The third kappa shape index (κ3) is 5.71. The molecule has 0 bridgehead atoms. The van der Waals surface area contributed by atoms with Gasteiger partial charge in [0.25, 0.3) is 5.91 Å². The second kappa shape index (κ2) is 11.1. The summed E-state index contributed by atoms with van der Waals surface area (Å²) in [6.45, 7) is 9.30. The number of likely N-dealkylation sites (tertiary alicyclic amines) is 2. The number of nitrogens with zero attached hydrogens (tertiary/aromatic N) is 4. The van der Waals surface area contributed by atoms with Crippen LogP contribution in [0.4, 0.5) is 8.78 Å². The Labute approximate surface area is 235 Å². The van der Waals surface area contributed by atoms with Gasteiger partial charge in [0.2, 0.25) is 23.7 Å². The lowest BCUT2D eigenvalue weighted by molar-refractivity contribution is -0.908. The largest absolute Gasteiger partial charge is 0.338 e. The smallest absolute Gasteiger partial charge is 0.260 e. The predicted octanol–water partition coefficient (Wildman–Crippen LogP) is 4.36. The summed E-state index contributed by atoms with van der Waals surface area (Å²) in [4.78, 5) is 33.0. The fourth-order valence-electron chi connectivity index (χ4n) is 6.72. The van der Waals surface area contributed by atoms with E-state index in [0.29, 0.717) is 30.9 Å². The van der Waals surface area contributed by atoms with Crippen LogP contribution < -0.4 is 4.73 Å². The molecule has 2 saturated heterocycles. The maximum Gasteiger partial charge on any atom is 0.260 e. The molecule has 3 aliphatic rings. The number of alkyl halides is 2. The van der Waals surface area contributed by atoms with Gasteiger partial charge in [0, 0.05) is 80.8 Å². The first kappa shape index (κ1) is 28.5. The van der Waals surface area contributed by atoms with Crippen molar-refractivity contribution in [3.8, 4) is 0 Å². The van der Waals surface area contributed by atoms with Gasteiger partial charge in [0.05, 0.1) is 0 Å². The van der Waals surface area contributed by atoms with Crippen LogP contribution in [0.5, 0.6) is 0 Å². The van der Waals surface area contributed by atoms with Crippen LogP contribution in [-0.4, -0.2) is 75.4 Å². The van der Waals surface area contributed by atoms with E-state index in [1.807, 2.05) is 47.1 Å². The summed E-state index contributed by atoms with van der Waals surface area (Å²) < 4.78 is 28.2. The average molecular weight is 556 g/mol. The minimum Gasteiger partial charge on any atom is -0.338 e. The number of halogens is 2. The Kier molecular flexibility index (Phi) is 7.88. The molecule has 1 aliphatic carbocycles. The highest BCUT2D eigenvalue weighted by Gasteiger charge is 2.51. The number of carbonyl (C=O) groups excluding carboxylic acids is 2. The number of piperidine rings is 2. The van der Waals surface area contributed by atoms with E-state index in [4.69, 9.17) is 0 Å². The molecule has 0 unspecified atom stereocenters. The summed E-state index contributed by atoms with van der Waals surface area (Å²) in [5.74, 6) is -3.49. The van der Waals surface area contributed by atoms with Crippen LogP contribution in [0.2, 0.25) is 0 Å². The Morgan fingerprint density at radius 1 is 1.02 bits per heavy atom. The second-order valence-electron chi connectivity index (χ2n) is 12.2. The topological polar surface area (TPSA) is 68.0 Å². The van der Waals surface area contributed by atoms with Crippen molar-refractivity contribution in [1.29, 1.82) is 0 Å². The molecular weight excluding hydrogens is 514 g/mol. The number of pyridine rings is 1. The van der Waals surface area contributed by atoms with Crippen molar-refractivity contribution in [2.75, 3.05) is 26.2 Å².